The first-order valence-corrected chi connectivity index (χ1v) is 4.26. The van der Waals surface area contributed by atoms with Crippen LogP contribution in [-0.4, -0.2) is 26.3 Å². The van der Waals surface area contributed by atoms with Crippen LogP contribution in [0.1, 0.15) is 10.4 Å². The predicted molar refractivity (Wildman–Crippen MR) is 53.0 cm³/mol. The molecule has 0 aliphatic carbocycles. The molecule has 0 aromatic heterocycles. The van der Waals surface area contributed by atoms with E-state index in [0.29, 0.717) is 17.9 Å². The summed E-state index contributed by atoms with van der Waals surface area (Å²) in [5.41, 5.74) is 6.41. The lowest BCUT2D eigenvalue weighted by Crippen LogP contribution is -2.11. The van der Waals surface area contributed by atoms with Gasteiger partial charge in [0.1, 0.15) is 6.61 Å². The topological polar surface area (TPSA) is 61.5 Å². The summed E-state index contributed by atoms with van der Waals surface area (Å²) >= 11 is 0. The van der Waals surface area contributed by atoms with Crippen LogP contribution in [0.4, 0.5) is 5.69 Å². The van der Waals surface area contributed by atoms with Gasteiger partial charge in [-0.05, 0) is 12.1 Å². The summed E-state index contributed by atoms with van der Waals surface area (Å²) in [6.07, 6.45) is 0. The number of rotatable bonds is 4. The fourth-order valence-electron chi connectivity index (χ4n) is 0.978. The first-order valence-electron chi connectivity index (χ1n) is 4.26. The Morgan fingerprint density at radius 2 is 2.07 bits per heavy atom. The minimum absolute atomic E-state index is 0.240. The molecule has 0 amide bonds. The molecule has 1 rings (SSSR count). The van der Waals surface area contributed by atoms with E-state index in [1.54, 1.807) is 31.4 Å². The Balaban J connectivity index is 2.56. The Labute approximate surface area is 82.6 Å². The molecule has 0 unspecified atom stereocenters. The number of nitrogen functional groups attached to an aromatic ring is 1. The molecule has 0 aliphatic rings. The minimum atomic E-state index is -0.417. The molecule has 4 nitrogen and oxygen atoms in total. The van der Waals surface area contributed by atoms with Crippen LogP contribution in [0.25, 0.3) is 0 Å². The smallest absolute Gasteiger partial charge is 0.340 e. The quantitative estimate of drug-likeness (QED) is 0.443. The number of anilines is 1. The SMILES string of the molecule is COCCOC(=O)c1ccccc1N. The van der Waals surface area contributed by atoms with Crippen molar-refractivity contribution in [3.63, 3.8) is 0 Å². The number of nitrogens with two attached hydrogens (primary N) is 1. The fourth-order valence-corrected chi connectivity index (χ4v) is 0.978. The lowest BCUT2D eigenvalue weighted by Gasteiger charge is -2.05. The van der Waals surface area contributed by atoms with E-state index >= 15 is 0 Å². The van der Waals surface area contributed by atoms with E-state index in [4.69, 9.17) is 15.2 Å². The van der Waals surface area contributed by atoms with E-state index in [9.17, 15) is 4.79 Å². The third-order valence-corrected chi connectivity index (χ3v) is 1.70. The van der Waals surface area contributed by atoms with Gasteiger partial charge in [0.25, 0.3) is 0 Å². The number of ether oxygens (including phenoxy) is 2. The Bertz CT molecular complexity index is 312. The molecule has 0 radical (unpaired) electrons. The van der Waals surface area contributed by atoms with Crippen molar-refractivity contribution in [3.05, 3.63) is 29.8 Å². The third kappa shape index (κ3) is 2.74. The zero-order chi connectivity index (χ0) is 10.4. The molecular weight excluding hydrogens is 182 g/mol. The first kappa shape index (κ1) is 10.5. The Hall–Kier alpha value is -1.55. The number of para-hydroxylation sites is 1. The molecule has 76 valence electrons. The Morgan fingerprint density at radius 1 is 1.36 bits per heavy atom. The minimum Gasteiger partial charge on any atom is -0.460 e. The second-order valence-corrected chi connectivity index (χ2v) is 2.72. The monoisotopic (exact) mass is 195 g/mol. The largest absolute Gasteiger partial charge is 0.460 e. The normalized spacial score (nSPS) is 9.79. The van der Waals surface area contributed by atoms with Gasteiger partial charge in [0, 0.05) is 12.8 Å². The summed E-state index contributed by atoms with van der Waals surface area (Å²) in [6, 6.07) is 6.79. The predicted octanol–water partition coefficient (Wildman–Crippen LogP) is 1.07. The number of hydrogen-bond donors (Lipinski definition) is 1. The molecule has 0 saturated heterocycles. The number of methoxy groups -OCH3 is 1. The summed E-state index contributed by atoms with van der Waals surface area (Å²) in [7, 11) is 1.55. The highest BCUT2D eigenvalue weighted by molar-refractivity contribution is 5.94. The highest BCUT2D eigenvalue weighted by Gasteiger charge is 2.09. The van der Waals surface area contributed by atoms with Gasteiger partial charge in [0.05, 0.1) is 12.2 Å². The van der Waals surface area contributed by atoms with Crippen molar-refractivity contribution in [2.45, 2.75) is 0 Å². The number of esters is 1. The van der Waals surface area contributed by atoms with Gasteiger partial charge in [-0.3, -0.25) is 0 Å². The maximum Gasteiger partial charge on any atom is 0.340 e. The van der Waals surface area contributed by atoms with Crippen LogP contribution in [-0.2, 0) is 9.47 Å². The molecule has 0 atom stereocenters. The molecule has 14 heavy (non-hydrogen) atoms. The summed E-state index contributed by atoms with van der Waals surface area (Å²) in [4.78, 5) is 11.4. The highest BCUT2D eigenvalue weighted by Crippen LogP contribution is 2.11. The van der Waals surface area contributed by atoms with Gasteiger partial charge in [-0.1, -0.05) is 12.1 Å². The van der Waals surface area contributed by atoms with Crippen LogP contribution in [0.2, 0.25) is 0 Å². The molecule has 1 aromatic carbocycles. The molecule has 1 aromatic rings. The van der Waals surface area contributed by atoms with E-state index < -0.39 is 5.97 Å². The molecule has 0 fully saturated rings. The molecule has 0 bridgehead atoms. The Kier molecular flexibility index (Phi) is 3.94. The van der Waals surface area contributed by atoms with E-state index in [0.717, 1.165) is 0 Å². The van der Waals surface area contributed by atoms with Crippen LogP contribution in [0.15, 0.2) is 24.3 Å². The van der Waals surface area contributed by atoms with Crippen LogP contribution in [0, 0.1) is 0 Å². The van der Waals surface area contributed by atoms with Crippen LogP contribution in [0.5, 0.6) is 0 Å². The van der Waals surface area contributed by atoms with Crippen molar-refractivity contribution >= 4 is 11.7 Å². The number of carbonyl (C=O) groups excluding carboxylic acids is 1. The van der Waals surface area contributed by atoms with Crippen LogP contribution < -0.4 is 5.73 Å². The average molecular weight is 195 g/mol. The van der Waals surface area contributed by atoms with Crippen molar-refractivity contribution in [1.29, 1.82) is 0 Å². The Morgan fingerprint density at radius 3 is 2.71 bits per heavy atom. The molecule has 0 saturated carbocycles. The summed E-state index contributed by atoms with van der Waals surface area (Å²) in [6.45, 7) is 0.627. The van der Waals surface area contributed by atoms with Gasteiger partial charge < -0.3 is 15.2 Å². The van der Waals surface area contributed by atoms with E-state index in [-0.39, 0.29) is 6.61 Å². The van der Waals surface area contributed by atoms with Gasteiger partial charge >= 0.3 is 5.97 Å². The molecular formula is C10H13NO3. The van der Waals surface area contributed by atoms with Gasteiger partial charge in [-0.25, -0.2) is 4.79 Å². The summed E-state index contributed by atoms with van der Waals surface area (Å²) in [5, 5.41) is 0. The zero-order valence-electron chi connectivity index (χ0n) is 8.03. The van der Waals surface area contributed by atoms with Crippen LogP contribution in [0.3, 0.4) is 0 Å². The molecule has 0 aliphatic heterocycles. The van der Waals surface area contributed by atoms with Gasteiger partial charge in [-0.15, -0.1) is 0 Å². The second kappa shape index (κ2) is 5.24. The maximum absolute atomic E-state index is 11.4. The molecule has 0 spiro atoms. The van der Waals surface area contributed by atoms with Crippen molar-refractivity contribution in [2.75, 3.05) is 26.1 Å². The molecule has 2 N–H and O–H groups in total. The van der Waals surface area contributed by atoms with Crippen molar-refractivity contribution < 1.29 is 14.3 Å². The maximum atomic E-state index is 11.4. The van der Waals surface area contributed by atoms with E-state index in [1.807, 2.05) is 0 Å². The van der Waals surface area contributed by atoms with Crippen LogP contribution >= 0.6 is 0 Å². The number of hydrogen-bond acceptors (Lipinski definition) is 4. The summed E-state index contributed by atoms with van der Waals surface area (Å²) in [5.74, 6) is -0.417. The lowest BCUT2D eigenvalue weighted by molar-refractivity contribution is 0.0389. The van der Waals surface area contributed by atoms with Crippen molar-refractivity contribution in [3.8, 4) is 0 Å². The second-order valence-electron chi connectivity index (χ2n) is 2.72. The third-order valence-electron chi connectivity index (χ3n) is 1.70. The first-order chi connectivity index (χ1) is 6.75. The van der Waals surface area contributed by atoms with Crippen molar-refractivity contribution in [1.82, 2.24) is 0 Å². The molecule has 4 heteroatoms. The number of carbonyl (C=O) groups is 1. The van der Waals surface area contributed by atoms with Crippen molar-refractivity contribution in [2.24, 2.45) is 0 Å². The van der Waals surface area contributed by atoms with E-state index in [1.165, 1.54) is 0 Å². The van der Waals surface area contributed by atoms with E-state index in [2.05, 4.69) is 0 Å². The fraction of sp³-hybridized carbons (Fsp3) is 0.300. The summed E-state index contributed by atoms with van der Waals surface area (Å²) < 4.78 is 9.66. The van der Waals surface area contributed by atoms with Gasteiger partial charge in [0.15, 0.2) is 0 Å². The van der Waals surface area contributed by atoms with Gasteiger partial charge in [0.2, 0.25) is 0 Å². The molecule has 0 heterocycles. The van der Waals surface area contributed by atoms with Gasteiger partial charge in [-0.2, -0.15) is 0 Å². The zero-order valence-corrected chi connectivity index (χ0v) is 8.03. The standard InChI is InChI=1S/C10H13NO3/c1-13-6-7-14-10(12)8-4-2-3-5-9(8)11/h2-5H,6-7,11H2,1H3. The average Bonchev–Trinajstić information content (AvgIpc) is 2.18. The lowest BCUT2D eigenvalue weighted by atomic mass is 10.2. The number of benzene rings is 1. The highest BCUT2D eigenvalue weighted by atomic mass is 16.6.